The lowest BCUT2D eigenvalue weighted by molar-refractivity contribution is -0.144. The van der Waals surface area contributed by atoms with Crippen molar-refractivity contribution in [3.63, 3.8) is 0 Å². The second kappa shape index (κ2) is 5.39. The molecule has 0 spiro atoms. The zero-order valence-corrected chi connectivity index (χ0v) is 11.9. The molecule has 19 heavy (non-hydrogen) atoms. The first kappa shape index (κ1) is 14.2. The Labute approximate surface area is 118 Å². The molecule has 5 heteroatoms. The van der Waals surface area contributed by atoms with Crippen molar-refractivity contribution in [1.82, 2.24) is 4.90 Å². The molecule has 104 valence electrons. The predicted octanol–water partition coefficient (Wildman–Crippen LogP) is 2.69. The SMILES string of the molecule is CC1CC(Nc2ccccc2Cl)(C(=O)O)CCN1C. The van der Waals surface area contributed by atoms with E-state index in [1.54, 1.807) is 6.07 Å². The van der Waals surface area contributed by atoms with Gasteiger partial charge in [0.15, 0.2) is 0 Å². The van der Waals surface area contributed by atoms with Crippen molar-refractivity contribution in [2.45, 2.75) is 31.3 Å². The van der Waals surface area contributed by atoms with Gasteiger partial charge in [-0.15, -0.1) is 0 Å². The average Bonchev–Trinajstić information content (AvgIpc) is 2.36. The standard InChI is InChI=1S/C14H19ClN2O2/c1-10-9-14(13(18)19,7-8-17(10)2)16-12-6-4-3-5-11(12)15/h3-6,10,16H,7-9H2,1-2H3,(H,18,19). The Hall–Kier alpha value is -1.26. The van der Waals surface area contributed by atoms with Crippen molar-refractivity contribution >= 4 is 23.3 Å². The van der Waals surface area contributed by atoms with Crippen LogP contribution in [0.1, 0.15) is 19.8 Å². The van der Waals surface area contributed by atoms with Gasteiger partial charge in [-0.3, -0.25) is 0 Å². The fraction of sp³-hybridized carbons (Fsp3) is 0.500. The van der Waals surface area contributed by atoms with Crippen LogP contribution in [-0.4, -0.2) is 41.1 Å². The number of nitrogens with one attached hydrogen (secondary N) is 1. The van der Waals surface area contributed by atoms with E-state index < -0.39 is 11.5 Å². The van der Waals surface area contributed by atoms with E-state index in [4.69, 9.17) is 11.6 Å². The minimum Gasteiger partial charge on any atom is -0.480 e. The van der Waals surface area contributed by atoms with Gasteiger partial charge in [0.05, 0.1) is 10.7 Å². The van der Waals surface area contributed by atoms with Crippen LogP contribution in [0.15, 0.2) is 24.3 Å². The molecule has 2 atom stereocenters. The Morgan fingerprint density at radius 1 is 1.53 bits per heavy atom. The fourth-order valence-electron chi connectivity index (χ4n) is 2.53. The van der Waals surface area contributed by atoms with E-state index in [0.29, 0.717) is 23.6 Å². The molecule has 0 aliphatic carbocycles. The fourth-order valence-corrected chi connectivity index (χ4v) is 2.71. The molecule has 1 saturated heterocycles. The highest BCUT2D eigenvalue weighted by Crippen LogP contribution is 2.32. The molecule has 2 rings (SSSR count). The number of hydrogen-bond acceptors (Lipinski definition) is 3. The van der Waals surface area contributed by atoms with Crippen molar-refractivity contribution < 1.29 is 9.90 Å². The van der Waals surface area contributed by atoms with E-state index in [2.05, 4.69) is 10.2 Å². The predicted molar refractivity (Wildman–Crippen MR) is 76.8 cm³/mol. The summed E-state index contributed by atoms with van der Waals surface area (Å²) in [5, 5.41) is 13.3. The van der Waals surface area contributed by atoms with Crippen molar-refractivity contribution in [2.24, 2.45) is 0 Å². The van der Waals surface area contributed by atoms with Crippen LogP contribution in [0.2, 0.25) is 5.02 Å². The molecule has 2 N–H and O–H groups in total. The van der Waals surface area contributed by atoms with Crippen molar-refractivity contribution in [1.29, 1.82) is 0 Å². The molecule has 1 aliphatic heterocycles. The summed E-state index contributed by atoms with van der Waals surface area (Å²) in [7, 11) is 2.02. The van der Waals surface area contributed by atoms with Gasteiger partial charge in [-0.1, -0.05) is 23.7 Å². The van der Waals surface area contributed by atoms with E-state index in [1.807, 2.05) is 32.2 Å². The van der Waals surface area contributed by atoms with Crippen molar-refractivity contribution in [3.8, 4) is 0 Å². The van der Waals surface area contributed by atoms with Crippen LogP contribution in [0.3, 0.4) is 0 Å². The number of piperidine rings is 1. The lowest BCUT2D eigenvalue weighted by Crippen LogP contribution is -2.56. The summed E-state index contributed by atoms with van der Waals surface area (Å²) in [5.41, 5.74) is -0.250. The third kappa shape index (κ3) is 2.85. The number of likely N-dealkylation sites (tertiary alicyclic amines) is 1. The highest BCUT2D eigenvalue weighted by molar-refractivity contribution is 6.33. The highest BCUT2D eigenvalue weighted by atomic mass is 35.5. The molecule has 1 aromatic carbocycles. The summed E-state index contributed by atoms with van der Waals surface area (Å²) in [5.74, 6) is -0.813. The van der Waals surface area contributed by atoms with E-state index in [1.165, 1.54) is 0 Å². The maximum Gasteiger partial charge on any atom is 0.329 e. The summed E-state index contributed by atoms with van der Waals surface area (Å²) in [6, 6.07) is 7.48. The molecular weight excluding hydrogens is 264 g/mol. The zero-order valence-electron chi connectivity index (χ0n) is 11.2. The number of rotatable bonds is 3. The van der Waals surface area contributed by atoms with Gasteiger partial charge in [0.2, 0.25) is 0 Å². The van der Waals surface area contributed by atoms with E-state index in [-0.39, 0.29) is 6.04 Å². The number of carboxylic acids is 1. The number of anilines is 1. The monoisotopic (exact) mass is 282 g/mol. The maximum absolute atomic E-state index is 11.7. The van der Waals surface area contributed by atoms with Crippen LogP contribution in [0.25, 0.3) is 0 Å². The summed E-state index contributed by atoms with van der Waals surface area (Å²) < 4.78 is 0. The topological polar surface area (TPSA) is 52.6 Å². The van der Waals surface area contributed by atoms with Gasteiger partial charge >= 0.3 is 5.97 Å². The molecule has 1 aromatic rings. The number of carboxylic acid groups (broad SMARTS) is 1. The van der Waals surface area contributed by atoms with Gasteiger partial charge < -0.3 is 15.3 Å². The summed E-state index contributed by atoms with van der Waals surface area (Å²) in [6.07, 6.45) is 1.12. The minimum atomic E-state index is -0.934. The van der Waals surface area contributed by atoms with Crippen molar-refractivity contribution in [3.05, 3.63) is 29.3 Å². The summed E-state index contributed by atoms with van der Waals surface area (Å²) in [6.45, 7) is 2.80. The largest absolute Gasteiger partial charge is 0.480 e. The van der Waals surface area contributed by atoms with Crippen LogP contribution < -0.4 is 5.32 Å². The van der Waals surface area contributed by atoms with Gasteiger partial charge in [0.25, 0.3) is 0 Å². The normalized spacial score (nSPS) is 28.1. The molecule has 4 nitrogen and oxygen atoms in total. The smallest absolute Gasteiger partial charge is 0.329 e. The van der Waals surface area contributed by atoms with Gasteiger partial charge in [-0.05, 0) is 38.9 Å². The van der Waals surface area contributed by atoms with Gasteiger partial charge in [0, 0.05) is 12.6 Å². The Kier molecular flexibility index (Phi) is 4.02. The van der Waals surface area contributed by atoms with Crippen LogP contribution in [-0.2, 0) is 4.79 Å². The van der Waals surface area contributed by atoms with Gasteiger partial charge in [0.1, 0.15) is 5.54 Å². The highest BCUT2D eigenvalue weighted by Gasteiger charge is 2.43. The Morgan fingerprint density at radius 2 is 2.21 bits per heavy atom. The van der Waals surface area contributed by atoms with Crippen molar-refractivity contribution in [2.75, 3.05) is 18.9 Å². The van der Waals surface area contributed by atoms with Crippen LogP contribution in [0, 0.1) is 0 Å². The van der Waals surface area contributed by atoms with Gasteiger partial charge in [-0.2, -0.15) is 0 Å². The number of hydrogen-bond donors (Lipinski definition) is 2. The molecule has 1 fully saturated rings. The second-order valence-electron chi connectivity index (χ2n) is 5.28. The van der Waals surface area contributed by atoms with Crippen LogP contribution >= 0.6 is 11.6 Å². The minimum absolute atomic E-state index is 0.222. The first-order valence-corrected chi connectivity index (χ1v) is 6.79. The third-order valence-electron chi connectivity index (χ3n) is 3.94. The van der Waals surface area contributed by atoms with E-state index in [0.717, 1.165) is 6.54 Å². The molecule has 0 aromatic heterocycles. The quantitative estimate of drug-likeness (QED) is 0.895. The molecule has 0 bridgehead atoms. The number of halogens is 1. The number of carbonyl (C=O) groups is 1. The first-order valence-electron chi connectivity index (χ1n) is 6.41. The average molecular weight is 283 g/mol. The zero-order chi connectivity index (χ0) is 14.0. The molecule has 1 heterocycles. The number of benzene rings is 1. The van der Waals surface area contributed by atoms with E-state index >= 15 is 0 Å². The molecule has 0 radical (unpaired) electrons. The lowest BCUT2D eigenvalue weighted by atomic mass is 9.83. The van der Waals surface area contributed by atoms with Crippen LogP contribution in [0.4, 0.5) is 5.69 Å². The lowest BCUT2D eigenvalue weighted by Gasteiger charge is -2.42. The number of aliphatic carboxylic acids is 1. The molecule has 0 amide bonds. The maximum atomic E-state index is 11.7. The number of nitrogens with zero attached hydrogens (tertiary/aromatic N) is 1. The Balaban J connectivity index is 2.26. The molecule has 0 saturated carbocycles. The molecule has 2 unspecified atom stereocenters. The Bertz CT molecular complexity index is 480. The summed E-state index contributed by atoms with van der Waals surface area (Å²) >= 11 is 6.11. The van der Waals surface area contributed by atoms with Gasteiger partial charge in [-0.25, -0.2) is 4.79 Å². The number of para-hydroxylation sites is 1. The molecule has 1 aliphatic rings. The first-order chi connectivity index (χ1) is 8.94. The second-order valence-corrected chi connectivity index (χ2v) is 5.68. The van der Waals surface area contributed by atoms with Crippen LogP contribution in [0.5, 0.6) is 0 Å². The van der Waals surface area contributed by atoms with E-state index in [9.17, 15) is 9.90 Å². The Morgan fingerprint density at radius 3 is 2.79 bits per heavy atom. The summed E-state index contributed by atoms with van der Waals surface area (Å²) in [4.78, 5) is 13.9. The third-order valence-corrected chi connectivity index (χ3v) is 4.27. The molecular formula is C14H19ClN2O2.